The van der Waals surface area contributed by atoms with E-state index in [1.54, 1.807) is 47.5 Å². The maximum absolute atomic E-state index is 13.1. The molecule has 2 aromatic carbocycles. The van der Waals surface area contributed by atoms with E-state index in [2.05, 4.69) is 16.4 Å². The Bertz CT molecular complexity index is 1070. The number of amides is 2. The van der Waals surface area contributed by atoms with E-state index in [0.29, 0.717) is 29.8 Å². The van der Waals surface area contributed by atoms with Crippen LogP contribution in [0.3, 0.4) is 0 Å². The van der Waals surface area contributed by atoms with E-state index in [1.165, 1.54) is 0 Å². The van der Waals surface area contributed by atoms with Gasteiger partial charge < -0.3 is 10.2 Å². The molecule has 0 fully saturated rings. The van der Waals surface area contributed by atoms with Gasteiger partial charge in [0.1, 0.15) is 12.7 Å². The van der Waals surface area contributed by atoms with Gasteiger partial charge in [0.05, 0.1) is 17.3 Å². The van der Waals surface area contributed by atoms with Gasteiger partial charge in [-0.25, -0.2) is 9.18 Å². The summed E-state index contributed by atoms with van der Waals surface area (Å²) < 4.78 is 12.9. The Balaban J connectivity index is 1.68. The molecule has 1 N–H and O–H groups in total. The number of nitrogens with zero attached hydrogens (tertiary/aromatic N) is 3. The van der Waals surface area contributed by atoms with Crippen LogP contribution in [0, 0.1) is 11.3 Å². The van der Waals surface area contributed by atoms with Gasteiger partial charge in [-0.1, -0.05) is 36.4 Å². The summed E-state index contributed by atoms with van der Waals surface area (Å²) >= 11 is 0. The van der Waals surface area contributed by atoms with Gasteiger partial charge in [-0.2, -0.15) is 5.26 Å². The van der Waals surface area contributed by atoms with Crippen LogP contribution < -0.4 is 5.32 Å². The standard InChI is InChI=1S/C23H19FN4O/c24-14-16-6-8-19(9-7-16)22-21-18(4-2-11-26-21)10-12-28(22)23(29)27-20-5-1-3-17(13-20)15-25/h1-9,11,13,22H,10,12,14H2,(H,27,29)/t22-/m1/s1. The number of aromatic nitrogens is 1. The molecule has 5 nitrogen and oxygen atoms in total. The van der Waals surface area contributed by atoms with Gasteiger partial charge >= 0.3 is 6.03 Å². The Morgan fingerprint density at radius 1 is 1.21 bits per heavy atom. The van der Waals surface area contributed by atoms with Gasteiger partial charge in [-0.15, -0.1) is 0 Å². The Morgan fingerprint density at radius 2 is 2.03 bits per heavy atom. The lowest BCUT2D eigenvalue weighted by Gasteiger charge is -2.36. The molecule has 0 unspecified atom stereocenters. The minimum Gasteiger partial charge on any atom is -0.311 e. The molecular formula is C23H19FN4O. The lowest BCUT2D eigenvalue weighted by Crippen LogP contribution is -2.43. The van der Waals surface area contributed by atoms with Crippen LogP contribution in [0.4, 0.5) is 14.9 Å². The summed E-state index contributed by atoms with van der Waals surface area (Å²) in [5.74, 6) is 0. The molecule has 29 heavy (non-hydrogen) atoms. The topological polar surface area (TPSA) is 69.0 Å². The third-order valence-corrected chi connectivity index (χ3v) is 5.07. The Kier molecular flexibility index (Phi) is 5.21. The summed E-state index contributed by atoms with van der Waals surface area (Å²) in [4.78, 5) is 19.4. The van der Waals surface area contributed by atoms with Crippen LogP contribution in [0.5, 0.6) is 0 Å². The highest BCUT2D eigenvalue weighted by Gasteiger charge is 2.33. The summed E-state index contributed by atoms with van der Waals surface area (Å²) in [6, 6.07) is 19.3. The number of benzene rings is 2. The lowest BCUT2D eigenvalue weighted by molar-refractivity contribution is 0.192. The zero-order valence-corrected chi connectivity index (χ0v) is 15.7. The van der Waals surface area contributed by atoms with Crippen molar-refractivity contribution in [3.8, 4) is 6.07 Å². The second-order valence-corrected chi connectivity index (χ2v) is 6.89. The molecule has 4 rings (SSSR count). The van der Waals surface area contributed by atoms with Crippen molar-refractivity contribution in [3.63, 3.8) is 0 Å². The molecule has 1 atom stereocenters. The van der Waals surface area contributed by atoms with E-state index in [9.17, 15) is 9.18 Å². The van der Waals surface area contributed by atoms with E-state index in [4.69, 9.17) is 5.26 Å². The van der Waals surface area contributed by atoms with Crippen molar-refractivity contribution >= 4 is 11.7 Å². The van der Waals surface area contributed by atoms with E-state index >= 15 is 0 Å². The number of pyridine rings is 1. The van der Waals surface area contributed by atoms with Crippen LogP contribution in [-0.2, 0) is 13.1 Å². The zero-order chi connectivity index (χ0) is 20.2. The highest BCUT2D eigenvalue weighted by Crippen LogP contribution is 2.34. The molecule has 1 aromatic heterocycles. The fraction of sp³-hybridized carbons (Fsp3) is 0.174. The van der Waals surface area contributed by atoms with Crippen LogP contribution in [0.1, 0.15) is 34.0 Å². The Morgan fingerprint density at radius 3 is 2.79 bits per heavy atom. The summed E-state index contributed by atoms with van der Waals surface area (Å²) in [6.45, 7) is -0.00276. The van der Waals surface area contributed by atoms with Crippen LogP contribution in [-0.4, -0.2) is 22.5 Å². The summed E-state index contributed by atoms with van der Waals surface area (Å²) in [7, 11) is 0. The predicted molar refractivity (Wildman–Crippen MR) is 108 cm³/mol. The lowest BCUT2D eigenvalue weighted by atomic mass is 9.92. The smallest absolute Gasteiger partial charge is 0.311 e. The molecule has 2 amide bonds. The van der Waals surface area contributed by atoms with Crippen LogP contribution in [0.15, 0.2) is 66.9 Å². The molecule has 0 bridgehead atoms. The first-order valence-electron chi connectivity index (χ1n) is 9.36. The number of halogens is 1. The third-order valence-electron chi connectivity index (χ3n) is 5.07. The number of alkyl halides is 1. The van der Waals surface area contributed by atoms with Gasteiger partial charge in [0, 0.05) is 18.4 Å². The average Bonchev–Trinajstić information content (AvgIpc) is 2.78. The van der Waals surface area contributed by atoms with E-state index in [0.717, 1.165) is 16.8 Å². The Labute approximate surface area is 168 Å². The molecule has 0 aliphatic carbocycles. The van der Waals surface area contributed by atoms with E-state index < -0.39 is 6.67 Å². The summed E-state index contributed by atoms with van der Waals surface area (Å²) in [5.41, 5.74) is 4.44. The van der Waals surface area contributed by atoms with Crippen molar-refractivity contribution in [3.05, 3.63) is 94.8 Å². The number of nitriles is 1. The maximum Gasteiger partial charge on any atom is 0.322 e. The van der Waals surface area contributed by atoms with Gasteiger partial charge in [-0.05, 0) is 47.4 Å². The number of nitrogens with one attached hydrogen (secondary N) is 1. The van der Waals surface area contributed by atoms with Crippen molar-refractivity contribution < 1.29 is 9.18 Å². The Hall–Kier alpha value is -3.72. The molecule has 3 aromatic rings. The monoisotopic (exact) mass is 386 g/mol. The number of rotatable bonds is 3. The number of fused-ring (bicyclic) bond motifs is 1. The first-order valence-corrected chi connectivity index (χ1v) is 9.36. The fourth-order valence-corrected chi connectivity index (χ4v) is 3.63. The second kappa shape index (κ2) is 8.11. The zero-order valence-electron chi connectivity index (χ0n) is 15.7. The van der Waals surface area contributed by atoms with Crippen LogP contribution in [0.25, 0.3) is 0 Å². The molecule has 144 valence electrons. The van der Waals surface area contributed by atoms with Gasteiger partial charge in [-0.3, -0.25) is 4.98 Å². The minimum absolute atomic E-state index is 0.268. The molecule has 0 saturated carbocycles. The number of carbonyl (C=O) groups excluding carboxylic acids is 1. The second-order valence-electron chi connectivity index (χ2n) is 6.89. The first-order chi connectivity index (χ1) is 14.2. The molecule has 0 spiro atoms. The third kappa shape index (κ3) is 3.81. The highest BCUT2D eigenvalue weighted by atomic mass is 19.1. The summed E-state index contributed by atoms with van der Waals surface area (Å²) in [5, 5.41) is 12.0. The number of hydrogen-bond donors (Lipinski definition) is 1. The van der Waals surface area contributed by atoms with Crippen molar-refractivity contribution in [2.75, 3.05) is 11.9 Å². The number of urea groups is 1. The maximum atomic E-state index is 13.1. The quantitative estimate of drug-likeness (QED) is 0.715. The molecule has 0 saturated heterocycles. The molecule has 0 radical (unpaired) electrons. The van der Waals surface area contributed by atoms with E-state index in [-0.39, 0.29) is 12.1 Å². The predicted octanol–water partition coefficient (Wildman–Crippen LogP) is 4.60. The van der Waals surface area contributed by atoms with Gasteiger partial charge in [0.2, 0.25) is 0 Å². The van der Waals surface area contributed by atoms with Crippen LogP contribution >= 0.6 is 0 Å². The van der Waals surface area contributed by atoms with Gasteiger partial charge in [0.15, 0.2) is 0 Å². The first kappa shape index (κ1) is 18.6. The fourth-order valence-electron chi connectivity index (χ4n) is 3.63. The normalized spacial score (nSPS) is 15.3. The number of carbonyl (C=O) groups is 1. The molecule has 2 heterocycles. The average molecular weight is 386 g/mol. The summed E-state index contributed by atoms with van der Waals surface area (Å²) in [6.07, 6.45) is 2.42. The highest BCUT2D eigenvalue weighted by molar-refractivity contribution is 5.90. The molecular weight excluding hydrogens is 367 g/mol. The van der Waals surface area contributed by atoms with Crippen molar-refractivity contribution in [2.45, 2.75) is 19.1 Å². The SMILES string of the molecule is N#Cc1cccc(NC(=O)N2CCc3cccnc3[C@H]2c2ccc(CF)cc2)c1. The largest absolute Gasteiger partial charge is 0.322 e. The number of anilines is 1. The molecule has 1 aliphatic heterocycles. The molecule has 6 heteroatoms. The van der Waals surface area contributed by atoms with E-state index in [1.807, 2.05) is 24.3 Å². The van der Waals surface area contributed by atoms with Crippen molar-refractivity contribution in [1.29, 1.82) is 5.26 Å². The minimum atomic E-state index is -0.529. The van der Waals surface area contributed by atoms with Crippen molar-refractivity contribution in [1.82, 2.24) is 9.88 Å². The number of hydrogen-bond acceptors (Lipinski definition) is 3. The van der Waals surface area contributed by atoms with Crippen molar-refractivity contribution in [2.24, 2.45) is 0 Å². The van der Waals surface area contributed by atoms with Crippen LogP contribution in [0.2, 0.25) is 0 Å². The van der Waals surface area contributed by atoms with Gasteiger partial charge in [0.25, 0.3) is 0 Å². The molecule has 1 aliphatic rings.